The van der Waals surface area contributed by atoms with Crippen LogP contribution >= 0.6 is 0 Å². The summed E-state index contributed by atoms with van der Waals surface area (Å²) in [6.07, 6.45) is 5.25. The Hall–Kier alpha value is -2.93. The number of nitrogens with zero attached hydrogens (tertiary/aromatic N) is 1. The second kappa shape index (κ2) is 10.7. The molecule has 2 aromatic carbocycles. The summed E-state index contributed by atoms with van der Waals surface area (Å²) in [5, 5.41) is 2.79. The average molecular weight is 416 g/mol. The number of halogens is 2. The van der Waals surface area contributed by atoms with Crippen LogP contribution in [-0.2, 0) is 17.9 Å². The zero-order valence-electron chi connectivity index (χ0n) is 16.9. The lowest BCUT2D eigenvalue weighted by molar-refractivity contribution is -0.116. The number of carbonyl (C=O) groups excluding carboxylic acids is 1. The van der Waals surface area contributed by atoms with E-state index in [-0.39, 0.29) is 17.4 Å². The van der Waals surface area contributed by atoms with Crippen LogP contribution in [-0.4, -0.2) is 37.6 Å². The zero-order valence-corrected chi connectivity index (χ0v) is 16.9. The van der Waals surface area contributed by atoms with E-state index < -0.39 is 6.61 Å². The molecule has 0 spiro atoms. The summed E-state index contributed by atoms with van der Waals surface area (Å²) in [5.74, 6) is -0.263. The van der Waals surface area contributed by atoms with E-state index in [4.69, 9.17) is 4.74 Å². The van der Waals surface area contributed by atoms with Gasteiger partial charge in [-0.1, -0.05) is 36.4 Å². The number of hydrogen-bond acceptors (Lipinski definition) is 4. The van der Waals surface area contributed by atoms with Crippen molar-refractivity contribution in [2.75, 3.05) is 20.2 Å². The Morgan fingerprint density at radius 3 is 2.50 bits per heavy atom. The molecule has 0 bridgehead atoms. The van der Waals surface area contributed by atoms with Crippen molar-refractivity contribution in [1.29, 1.82) is 0 Å². The van der Waals surface area contributed by atoms with Gasteiger partial charge in [0.1, 0.15) is 0 Å². The Kier molecular flexibility index (Phi) is 7.79. The second-order valence-corrected chi connectivity index (χ2v) is 7.11. The van der Waals surface area contributed by atoms with Gasteiger partial charge < -0.3 is 14.8 Å². The number of methoxy groups -OCH3 is 1. The molecule has 160 valence electrons. The van der Waals surface area contributed by atoms with Crippen molar-refractivity contribution in [3.8, 4) is 11.5 Å². The van der Waals surface area contributed by atoms with Crippen molar-refractivity contribution in [2.45, 2.75) is 32.5 Å². The topological polar surface area (TPSA) is 50.8 Å². The monoisotopic (exact) mass is 416 g/mol. The van der Waals surface area contributed by atoms with E-state index in [1.165, 1.54) is 43.7 Å². The molecule has 1 aliphatic heterocycles. The summed E-state index contributed by atoms with van der Waals surface area (Å²) in [4.78, 5) is 14.6. The molecule has 1 fully saturated rings. The molecule has 2 aromatic rings. The maximum Gasteiger partial charge on any atom is 0.387 e. The molecule has 0 atom stereocenters. The summed E-state index contributed by atoms with van der Waals surface area (Å²) in [5.41, 5.74) is 2.58. The normalized spacial score (nSPS) is 14.4. The summed E-state index contributed by atoms with van der Waals surface area (Å²) >= 11 is 0. The van der Waals surface area contributed by atoms with E-state index in [2.05, 4.69) is 27.1 Å². The average Bonchev–Trinajstić information content (AvgIpc) is 3.25. The van der Waals surface area contributed by atoms with Gasteiger partial charge in [0.15, 0.2) is 11.5 Å². The highest BCUT2D eigenvalue weighted by Gasteiger charge is 2.14. The number of nitrogens with one attached hydrogen (secondary N) is 1. The molecular formula is C23H26F2N2O3. The summed E-state index contributed by atoms with van der Waals surface area (Å²) in [7, 11) is 1.37. The first-order chi connectivity index (χ1) is 14.5. The van der Waals surface area contributed by atoms with E-state index in [1.54, 1.807) is 12.1 Å². The Balaban J connectivity index is 1.55. The van der Waals surface area contributed by atoms with E-state index in [9.17, 15) is 13.6 Å². The van der Waals surface area contributed by atoms with Crippen molar-refractivity contribution in [2.24, 2.45) is 0 Å². The second-order valence-electron chi connectivity index (χ2n) is 7.11. The van der Waals surface area contributed by atoms with Crippen molar-refractivity contribution in [3.63, 3.8) is 0 Å². The van der Waals surface area contributed by atoms with Crippen molar-refractivity contribution in [1.82, 2.24) is 10.2 Å². The number of benzene rings is 2. The molecule has 0 saturated carbocycles. The van der Waals surface area contributed by atoms with Crippen LogP contribution < -0.4 is 14.8 Å². The highest BCUT2D eigenvalue weighted by molar-refractivity contribution is 5.92. The van der Waals surface area contributed by atoms with Gasteiger partial charge in [-0.25, -0.2) is 0 Å². The fourth-order valence-electron chi connectivity index (χ4n) is 3.42. The minimum Gasteiger partial charge on any atom is -0.493 e. The Morgan fingerprint density at radius 1 is 1.13 bits per heavy atom. The van der Waals surface area contributed by atoms with Crippen LogP contribution in [0.1, 0.15) is 29.5 Å². The first-order valence-electron chi connectivity index (χ1n) is 9.93. The fourth-order valence-corrected chi connectivity index (χ4v) is 3.42. The van der Waals surface area contributed by atoms with Crippen LogP contribution in [0.25, 0.3) is 6.08 Å². The Morgan fingerprint density at radius 2 is 1.83 bits per heavy atom. The summed E-state index contributed by atoms with van der Waals surface area (Å²) < 4.78 is 35.0. The molecule has 0 aromatic heterocycles. The van der Waals surface area contributed by atoms with Gasteiger partial charge >= 0.3 is 6.61 Å². The number of likely N-dealkylation sites (tertiary alicyclic amines) is 1. The molecule has 30 heavy (non-hydrogen) atoms. The van der Waals surface area contributed by atoms with Gasteiger partial charge in [0.2, 0.25) is 5.91 Å². The standard InChI is InChI=1S/C23H26F2N2O3/c1-29-20-6-4-5-19(22(20)30-23(24)25)11-12-21(28)26-15-17-7-9-18(10-8-17)16-27-13-2-3-14-27/h4-12,23H,2-3,13-16H2,1H3,(H,26,28)/b12-11+. The number of alkyl halides is 2. The number of carbonyl (C=O) groups is 1. The molecule has 0 radical (unpaired) electrons. The van der Waals surface area contributed by atoms with Gasteiger partial charge in [0.25, 0.3) is 0 Å². The van der Waals surface area contributed by atoms with Gasteiger partial charge in [-0.2, -0.15) is 8.78 Å². The molecule has 1 saturated heterocycles. The van der Waals surface area contributed by atoms with Crippen LogP contribution in [0.2, 0.25) is 0 Å². The molecule has 7 heteroatoms. The Labute approximate surface area is 175 Å². The van der Waals surface area contributed by atoms with Crippen LogP contribution in [0.3, 0.4) is 0 Å². The molecule has 0 unspecified atom stereocenters. The molecule has 5 nitrogen and oxygen atoms in total. The minimum atomic E-state index is -2.99. The van der Waals surface area contributed by atoms with E-state index >= 15 is 0 Å². The SMILES string of the molecule is COc1cccc(/C=C/C(=O)NCc2ccc(CN3CCCC3)cc2)c1OC(F)F. The van der Waals surface area contributed by atoms with E-state index in [1.807, 2.05) is 12.1 Å². The molecule has 0 aliphatic carbocycles. The highest BCUT2D eigenvalue weighted by atomic mass is 19.3. The maximum atomic E-state index is 12.7. The molecule has 1 aliphatic rings. The van der Waals surface area contributed by atoms with E-state index in [0.717, 1.165) is 25.2 Å². The number of rotatable bonds is 9. The van der Waals surface area contributed by atoms with Crippen molar-refractivity contribution in [3.05, 3.63) is 65.2 Å². The summed E-state index contributed by atoms with van der Waals surface area (Å²) in [6, 6.07) is 12.9. The predicted octanol–water partition coefficient (Wildman–Crippen LogP) is 4.22. The Bertz CT molecular complexity index is 863. The van der Waals surface area contributed by atoms with Crippen molar-refractivity contribution >= 4 is 12.0 Å². The lowest BCUT2D eigenvalue weighted by atomic mass is 10.1. The number of para-hydroxylation sites is 1. The fraction of sp³-hybridized carbons (Fsp3) is 0.348. The van der Waals surface area contributed by atoms with Gasteiger partial charge in [-0.05, 0) is 49.2 Å². The van der Waals surface area contributed by atoms with Gasteiger partial charge in [-0.15, -0.1) is 0 Å². The highest BCUT2D eigenvalue weighted by Crippen LogP contribution is 2.33. The predicted molar refractivity (Wildman–Crippen MR) is 111 cm³/mol. The third-order valence-corrected chi connectivity index (χ3v) is 4.95. The zero-order chi connectivity index (χ0) is 21.3. The van der Waals surface area contributed by atoms with E-state index in [0.29, 0.717) is 12.1 Å². The van der Waals surface area contributed by atoms with Crippen LogP contribution in [0.4, 0.5) is 8.78 Å². The minimum absolute atomic E-state index is 0.104. The van der Waals surface area contributed by atoms with Gasteiger partial charge in [0, 0.05) is 24.7 Å². The lowest BCUT2D eigenvalue weighted by Gasteiger charge is -2.14. The molecule has 1 amide bonds. The summed E-state index contributed by atoms with van der Waals surface area (Å²) in [6.45, 7) is 0.656. The van der Waals surface area contributed by atoms with Crippen LogP contribution in [0.15, 0.2) is 48.5 Å². The van der Waals surface area contributed by atoms with Crippen LogP contribution in [0, 0.1) is 0 Å². The molecular weight excluding hydrogens is 390 g/mol. The molecule has 1 heterocycles. The molecule has 1 N–H and O–H groups in total. The quantitative estimate of drug-likeness (QED) is 0.622. The van der Waals surface area contributed by atoms with Crippen LogP contribution in [0.5, 0.6) is 11.5 Å². The number of ether oxygens (including phenoxy) is 2. The largest absolute Gasteiger partial charge is 0.493 e. The van der Waals surface area contributed by atoms with Gasteiger partial charge in [-0.3, -0.25) is 9.69 Å². The smallest absolute Gasteiger partial charge is 0.387 e. The lowest BCUT2D eigenvalue weighted by Crippen LogP contribution is -2.20. The molecule has 3 rings (SSSR count). The first-order valence-corrected chi connectivity index (χ1v) is 9.93. The maximum absolute atomic E-state index is 12.7. The number of hydrogen-bond donors (Lipinski definition) is 1. The third kappa shape index (κ3) is 6.29. The number of amides is 1. The first kappa shape index (κ1) is 21.8. The van der Waals surface area contributed by atoms with Gasteiger partial charge in [0.05, 0.1) is 7.11 Å². The third-order valence-electron chi connectivity index (χ3n) is 4.95. The van der Waals surface area contributed by atoms with Crippen molar-refractivity contribution < 1.29 is 23.0 Å².